The lowest BCUT2D eigenvalue weighted by molar-refractivity contribution is -0.137. The van der Waals surface area contributed by atoms with Crippen molar-refractivity contribution in [1.82, 2.24) is 9.78 Å². The van der Waals surface area contributed by atoms with Crippen molar-refractivity contribution >= 4 is 16.9 Å². The number of hydrogen-bond donors (Lipinski definition) is 1. The number of carboxylic acid groups (broad SMARTS) is 1. The number of hydrogen-bond acceptors (Lipinski definition) is 2. The summed E-state index contributed by atoms with van der Waals surface area (Å²) in [5.74, 6) is -0.731. The highest BCUT2D eigenvalue weighted by Gasteiger charge is 2.00. The Kier molecular flexibility index (Phi) is 3.19. The normalized spacial score (nSPS) is 10.8. The first-order valence-corrected chi connectivity index (χ1v) is 5.40. The SMILES string of the molecule is O=C(O)CCCCn1cc2ccccc2n1. The third-order valence-electron chi connectivity index (χ3n) is 2.49. The van der Waals surface area contributed by atoms with Gasteiger partial charge in [0, 0.05) is 24.5 Å². The van der Waals surface area contributed by atoms with E-state index in [1.165, 1.54) is 0 Å². The Balaban J connectivity index is 1.92. The van der Waals surface area contributed by atoms with Crippen LogP contribution in [0.4, 0.5) is 0 Å². The topological polar surface area (TPSA) is 55.1 Å². The van der Waals surface area contributed by atoms with Crippen molar-refractivity contribution in [3.05, 3.63) is 30.5 Å². The van der Waals surface area contributed by atoms with Gasteiger partial charge < -0.3 is 5.11 Å². The fraction of sp³-hybridized carbons (Fsp3) is 0.333. The Labute approximate surface area is 93.5 Å². The molecule has 1 heterocycles. The number of carboxylic acids is 1. The molecule has 16 heavy (non-hydrogen) atoms. The molecular weight excluding hydrogens is 204 g/mol. The monoisotopic (exact) mass is 218 g/mol. The second-order valence-electron chi connectivity index (χ2n) is 3.80. The van der Waals surface area contributed by atoms with Crippen LogP contribution in [0, 0.1) is 0 Å². The van der Waals surface area contributed by atoms with Crippen LogP contribution in [-0.4, -0.2) is 20.9 Å². The van der Waals surface area contributed by atoms with E-state index in [-0.39, 0.29) is 6.42 Å². The van der Waals surface area contributed by atoms with Gasteiger partial charge in [-0.25, -0.2) is 0 Å². The van der Waals surface area contributed by atoms with E-state index in [4.69, 9.17) is 5.11 Å². The molecule has 1 aromatic carbocycles. The Morgan fingerprint density at radius 1 is 1.31 bits per heavy atom. The highest BCUT2D eigenvalue weighted by molar-refractivity contribution is 5.77. The van der Waals surface area contributed by atoms with Gasteiger partial charge in [0.1, 0.15) is 0 Å². The summed E-state index contributed by atoms with van der Waals surface area (Å²) >= 11 is 0. The van der Waals surface area contributed by atoms with Crippen molar-refractivity contribution in [2.24, 2.45) is 0 Å². The molecule has 0 saturated heterocycles. The first-order chi connectivity index (χ1) is 7.75. The van der Waals surface area contributed by atoms with Crippen molar-refractivity contribution < 1.29 is 9.90 Å². The Morgan fingerprint density at radius 3 is 2.88 bits per heavy atom. The summed E-state index contributed by atoms with van der Waals surface area (Å²) in [6, 6.07) is 7.95. The fourth-order valence-electron chi connectivity index (χ4n) is 1.68. The van der Waals surface area contributed by atoms with Crippen LogP contribution in [0.3, 0.4) is 0 Å². The molecule has 1 N–H and O–H groups in total. The Hall–Kier alpha value is -1.84. The van der Waals surface area contributed by atoms with Gasteiger partial charge in [-0.05, 0) is 18.9 Å². The molecular formula is C12H14N2O2. The summed E-state index contributed by atoms with van der Waals surface area (Å²) in [5.41, 5.74) is 0.987. The van der Waals surface area contributed by atoms with Gasteiger partial charge in [-0.1, -0.05) is 18.2 Å². The maximum absolute atomic E-state index is 10.3. The highest BCUT2D eigenvalue weighted by Crippen LogP contribution is 2.11. The molecule has 1 aromatic heterocycles. The van der Waals surface area contributed by atoms with Gasteiger partial charge in [0.25, 0.3) is 0 Å². The highest BCUT2D eigenvalue weighted by atomic mass is 16.4. The third-order valence-corrected chi connectivity index (χ3v) is 2.49. The van der Waals surface area contributed by atoms with Crippen molar-refractivity contribution in [3.63, 3.8) is 0 Å². The van der Waals surface area contributed by atoms with Gasteiger partial charge in [0.15, 0.2) is 0 Å². The standard InChI is InChI=1S/C12H14N2O2/c15-12(16)7-3-4-8-14-9-10-5-1-2-6-11(10)13-14/h1-2,5-6,9H,3-4,7-8H2,(H,15,16). The summed E-state index contributed by atoms with van der Waals surface area (Å²) in [6.07, 6.45) is 3.78. The smallest absolute Gasteiger partial charge is 0.303 e. The molecule has 4 nitrogen and oxygen atoms in total. The molecule has 0 aliphatic rings. The Bertz CT molecular complexity index is 457. The lowest BCUT2D eigenvalue weighted by Crippen LogP contribution is -2.00. The van der Waals surface area contributed by atoms with Gasteiger partial charge in [0.05, 0.1) is 5.52 Å². The zero-order valence-electron chi connectivity index (χ0n) is 8.97. The minimum absolute atomic E-state index is 0.237. The molecule has 0 unspecified atom stereocenters. The number of carbonyl (C=O) groups is 1. The summed E-state index contributed by atoms with van der Waals surface area (Å²) in [6.45, 7) is 0.780. The van der Waals surface area contributed by atoms with Gasteiger partial charge in [-0.3, -0.25) is 9.48 Å². The number of aryl methyl sites for hydroxylation is 1. The largest absolute Gasteiger partial charge is 0.481 e. The number of rotatable bonds is 5. The lowest BCUT2D eigenvalue weighted by Gasteiger charge is -1.98. The average Bonchev–Trinajstić information content (AvgIpc) is 2.66. The van der Waals surface area contributed by atoms with Gasteiger partial charge >= 0.3 is 5.97 Å². The molecule has 84 valence electrons. The number of unbranched alkanes of at least 4 members (excludes halogenated alkanes) is 1. The second kappa shape index (κ2) is 4.79. The number of nitrogens with zero attached hydrogens (tertiary/aromatic N) is 2. The molecule has 0 aliphatic heterocycles. The van der Waals surface area contributed by atoms with Gasteiger partial charge in [-0.15, -0.1) is 0 Å². The molecule has 0 amide bonds. The number of aliphatic carboxylic acids is 1. The summed E-state index contributed by atoms with van der Waals surface area (Å²) in [4.78, 5) is 10.3. The third kappa shape index (κ3) is 2.59. The van der Waals surface area contributed by atoms with Crippen LogP contribution >= 0.6 is 0 Å². The predicted molar refractivity (Wildman–Crippen MR) is 61.2 cm³/mol. The first kappa shape index (κ1) is 10.7. The van der Waals surface area contributed by atoms with Gasteiger partial charge in [-0.2, -0.15) is 5.10 Å². The van der Waals surface area contributed by atoms with Crippen LogP contribution in [0.5, 0.6) is 0 Å². The molecule has 2 aromatic rings. The Morgan fingerprint density at radius 2 is 2.12 bits per heavy atom. The second-order valence-corrected chi connectivity index (χ2v) is 3.80. The maximum Gasteiger partial charge on any atom is 0.303 e. The van der Waals surface area contributed by atoms with E-state index in [1.807, 2.05) is 35.1 Å². The molecule has 0 fully saturated rings. The molecule has 4 heteroatoms. The zero-order chi connectivity index (χ0) is 11.4. The molecule has 0 atom stereocenters. The first-order valence-electron chi connectivity index (χ1n) is 5.40. The zero-order valence-corrected chi connectivity index (χ0v) is 8.97. The van der Waals surface area contributed by atoms with E-state index < -0.39 is 5.97 Å². The van der Waals surface area contributed by atoms with E-state index in [0.29, 0.717) is 6.42 Å². The quantitative estimate of drug-likeness (QED) is 0.783. The van der Waals surface area contributed by atoms with E-state index >= 15 is 0 Å². The molecule has 2 rings (SSSR count). The van der Waals surface area contributed by atoms with Crippen LogP contribution in [0.15, 0.2) is 30.5 Å². The molecule has 0 saturated carbocycles. The maximum atomic E-state index is 10.3. The van der Waals surface area contributed by atoms with Gasteiger partial charge in [0.2, 0.25) is 0 Å². The minimum atomic E-state index is -0.731. The molecule has 0 radical (unpaired) electrons. The summed E-state index contributed by atoms with van der Waals surface area (Å²) < 4.78 is 1.88. The predicted octanol–water partition coefficient (Wildman–Crippen LogP) is 2.29. The van der Waals surface area contributed by atoms with Crippen molar-refractivity contribution in [2.45, 2.75) is 25.8 Å². The fourth-order valence-corrected chi connectivity index (χ4v) is 1.68. The number of fused-ring (bicyclic) bond motifs is 1. The number of benzene rings is 1. The van der Waals surface area contributed by atoms with Crippen molar-refractivity contribution in [1.29, 1.82) is 0 Å². The van der Waals surface area contributed by atoms with Crippen LogP contribution in [0.1, 0.15) is 19.3 Å². The average molecular weight is 218 g/mol. The van der Waals surface area contributed by atoms with E-state index in [2.05, 4.69) is 5.10 Å². The summed E-state index contributed by atoms with van der Waals surface area (Å²) in [7, 11) is 0. The lowest BCUT2D eigenvalue weighted by atomic mass is 10.2. The van der Waals surface area contributed by atoms with Crippen molar-refractivity contribution in [3.8, 4) is 0 Å². The van der Waals surface area contributed by atoms with Crippen LogP contribution in [-0.2, 0) is 11.3 Å². The molecule has 0 spiro atoms. The number of aromatic nitrogens is 2. The van der Waals surface area contributed by atoms with Crippen molar-refractivity contribution in [2.75, 3.05) is 0 Å². The molecule has 0 bridgehead atoms. The van der Waals surface area contributed by atoms with Crippen LogP contribution in [0.2, 0.25) is 0 Å². The van der Waals surface area contributed by atoms with E-state index in [1.54, 1.807) is 0 Å². The summed E-state index contributed by atoms with van der Waals surface area (Å²) in [5, 5.41) is 14.0. The van der Waals surface area contributed by atoms with E-state index in [9.17, 15) is 4.79 Å². The van der Waals surface area contributed by atoms with Crippen LogP contribution in [0.25, 0.3) is 10.9 Å². The van der Waals surface area contributed by atoms with E-state index in [0.717, 1.165) is 23.9 Å². The minimum Gasteiger partial charge on any atom is -0.481 e. The molecule has 0 aliphatic carbocycles. The van der Waals surface area contributed by atoms with Crippen LogP contribution < -0.4 is 0 Å².